The lowest BCUT2D eigenvalue weighted by atomic mass is 10.0. The Labute approximate surface area is 201 Å². The molecule has 7 nitrogen and oxygen atoms in total. The normalized spacial score (nSPS) is 16.8. The molecule has 0 fully saturated rings. The first-order valence-corrected chi connectivity index (χ1v) is 13.4. The van der Waals surface area contributed by atoms with Gasteiger partial charge in [0.25, 0.3) is 10.0 Å². The molecule has 0 bridgehead atoms. The van der Waals surface area contributed by atoms with Gasteiger partial charge in [0.15, 0.2) is 15.1 Å². The summed E-state index contributed by atoms with van der Waals surface area (Å²) in [5, 5.41) is 5.17. The number of aryl methyl sites for hydroxylation is 1. The van der Waals surface area contributed by atoms with E-state index in [0.717, 1.165) is 18.4 Å². The van der Waals surface area contributed by atoms with Gasteiger partial charge < -0.3 is 10.1 Å². The van der Waals surface area contributed by atoms with Gasteiger partial charge in [-0.15, -0.1) is 11.3 Å². The van der Waals surface area contributed by atoms with Crippen LogP contribution in [0.3, 0.4) is 0 Å². The third kappa shape index (κ3) is 4.59. The largest absolute Gasteiger partial charge is 0.489 e. The number of thiazole rings is 1. The molecule has 2 N–H and O–H groups in total. The molecule has 0 spiro atoms. The second-order valence-electron chi connectivity index (χ2n) is 8.01. The van der Waals surface area contributed by atoms with Crippen molar-refractivity contribution in [2.75, 3.05) is 11.3 Å². The van der Waals surface area contributed by atoms with Gasteiger partial charge in [-0.05, 0) is 37.0 Å². The third-order valence-corrected chi connectivity index (χ3v) is 8.27. The molecular weight excluding hydrogens is 480 g/mol. The second-order valence-corrected chi connectivity index (χ2v) is 10.8. The molecular formula is C23H23ClN4O3S2. The maximum Gasteiger partial charge on any atom is 0.281 e. The van der Waals surface area contributed by atoms with Crippen LogP contribution < -0.4 is 14.8 Å². The van der Waals surface area contributed by atoms with Gasteiger partial charge in [0, 0.05) is 30.2 Å². The first-order valence-electron chi connectivity index (χ1n) is 10.6. The number of ether oxygens (including phenoxy) is 1. The molecule has 4 aromatic rings. The summed E-state index contributed by atoms with van der Waals surface area (Å²) in [6.45, 7) is 2.83. The van der Waals surface area contributed by atoms with E-state index < -0.39 is 10.0 Å². The SMILES string of the molecule is C[C@@H](NCC1CCc2ccc(NS(=O)(=O)c3c(Cl)nc4sccn34)cc2O1)c1ccccc1. The fourth-order valence-electron chi connectivity index (χ4n) is 3.98. The van der Waals surface area contributed by atoms with Crippen molar-refractivity contribution >= 4 is 43.6 Å². The number of hydrogen-bond donors (Lipinski definition) is 2. The molecule has 10 heteroatoms. The standard InChI is InChI=1S/C23H23ClN4O3S2/c1-15(16-5-3-2-4-6-16)25-14-19-10-8-17-7-9-18(13-20(17)31-19)27-33(29,30)22-21(24)26-23-28(22)11-12-32-23/h2-7,9,11-13,15,19,25,27H,8,10,14H2,1H3/t15-,19?/m1/s1. The average Bonchev–Trinajstić information content (AvgIpc) is 3.37. The molecule has 1 aliphatic rings. The number of anilines is 1. The lowest BCUT2D eigenvalue weighted by Crippen LogP contribution is -2.35. The van der Waals surface area contributed by atoms with E-state index in [9.17, 15) is 8.42 Å². The van der Waals surface area contributed by atoms with Gasteiger partial charge in [0.1, 0.15) is 11.9 Å². The first kappa shape index (κ1) is 22.2. The minimum absolute atomic E-state index is 0.00484. The molecule has 2 atom stereocenters. The highest BCUT2D eigenvalue weighted by molar-refractivity contribution is 7.92. The van der Waals surface area contributed by atoms with Gasteiger partial charge in [0.2, 0.25) is 0 Å². The lowest BCUT2D eigenvalue weighted by Gasteiger charge is -2.28. The van der Waals surface area contributed by atoms with Crippen LogP contribution in [0, 0.1) is 0 Å². The molecule has 0 saturated carbocycles. The minimum atomic E-state index is -3.93. The van der Waals surface area contributed by atoms with Crippen molar-refractivity contribution in [1.82, 2.24) is 14.7 Å². The summed E-state index contributed by atoms with van der Waals surface area (Å²) in [4.78, 5) is 4.64. The number of nitrogens with zero attached hydrogens (tertiary/aromatic N) is 2. The molecule has 3 heterocycles. The lowest BCUT2D eigenvalue weighted by molar-refractivity contribution is 0.167. The van der Waals surface area contributed by atoms with Gasteiger partial charge >= 0.3 is 0 Å². The van der Waals surface area contributed by atoms with Crippen LogP contribution in [-0.2, 0) is 16.4 Å². The van der Waals surface area contributed by atoms with Crippen molar-refractivity contribution in [3.05, 3.63) is 76.4 Å². The molecule has 5 rings (SSSR count). The summed E-state index contributed by atoms with van der Waals surface area (Å²) >= 11 is 7.44. The summed E-state index contributed by atoms with van der Waals surface area (Å²) in [5.41, 5.74) is 2.71. The number of sulfonamides is 1. The predicted octanol–water partition coefficient (Wildman–Crippen LogP) is 4.89. The maximum absolute atomic E-state index is 13.0. The van der Waals surface area contributed by atoms with Gasteiger partial charge in [-0.2, -0.15) is 8.42 Å². The number of hydrogen-bond acceptors (Lipinski definition) is 6. The van der Waals surface area contributed by atoms with Crippen LogP contribution in [0.25, 0.3) is 4.96 Å². The van der Waals surface area contributed by atoms with E-state index in [1.54, 1.807) is 23.7 Å². The Morgan fingerprint density at radius 3 is 2.91 bits per heavy atom. The van der Waals surface area contributed by atoms with Crippen molar-refractivity contribution in [1.29, 1.82) is 0 Å². The monoisotopic (exact) mass is 502 g/mol. The van der Waals surface area contributed by atoms with Gasteiger partial charge in [0.05, 0.1) is 5.69 Å². The van der Waals surface area contributed by atoms with E-state index in [4.69, 9.17) is 16.3 Å². The van der Waals surface area contributed by atoms with Crippen molar-refractivity contribution in [2.24, 2.45) is 0 Å². The number of halogens is 1. The van der Waals surface area contributed by atoms with Crippen LogP contribution in [0.2, 0.25) is 5.15 Å². The molecule has 0 radical (unpaired) electrons. The van der Waals surface area contributed by atoms with Crippen molar-refractivity contribution < 1.29 is 13.2 Å². The Balaban J connectivity index is 1.29. The van der Waals surface area contributed by atoms with Gasteiger partial charge in [-0.3, -0.25) is 9.12 Å². The highest BCUT2D eigenvalue weighted by Crippen LogP contribution is 2.32. The molecule has 2 aromatic heterocycles. The number of nitrogens with one attached hydrogen (secondary N) is 2. The fourth-order valence-corrected chi connectivity index (χ4v) is 6.49. The zero-order valence-corrected chi connectivity index (χ0v) is 20.3. The van der Waals surface area contributed by atoms with E-state index >= 15 is 0 Å². The summed E-state index contributed by atoms with van der Waals surface area (Å²) in [7, 11) is -3.93. The van der Waals surface area contributed by atoms with Crippen LogP contribution in [0.15, 0.2) is 65.1 Å². The zero-order valence-electron chi connectivity index (χ0n) is 17.9. The maximum atomic E-state index is 13.0. The van der Waals surface area contributed by atoms with Crippen molar-refractivity contribution in [3.8, 4) is 5.75 Å². The van der Waals surface area contributed by atoms with Crippen LogP contribution >= 0.6 is 22.9 Å². The number of aromatic nitrogens is 2. The smallest absolute Gasteiger partial charge is 0.281 e. The minimum Gasteiger partial charge on any atom is -0.489 e. The molecule has 0 amide bonds. The van der Waals surface area contributed by atoms with Crippen molar-refractivity contribution in [2.45, 2.75) is 36.9 Å². The quantitative estimate of drug-likeness (QED) is 0.375. The second kappa shape index (κ2) is 8.98. The van der Waals surface area contributed by atoms with E-state index in [0.29, 0.717) is 22.9 Å². The van der Waals surface area contributed by atoms with Crippen LogP contribution in [-0.4, -0.2) is 30.5 Å². The zero-order chi connectivity index (χ0) is 23.0. The summed E-state index contributed by atoms with van der Waals surface area (Å²) < 4.78 is 36.4. The average molecular weight is 503 g/mol. The van der Waals surface area contributed by atoms with Crippen LogP contribution in [0.1, 0.15) is 30.5 Å². The Bertz CT molecular complexity index is 1390. The fraction of sp³-hybridized carbons (Fsp3) is 0.261. The topological polar surface area (TPSA) is 84.7 Å². The Kier molecular flexibility index (Phi) is 6.05. The van der Waals surface area contributed by atoms with E-state index in [1.807, 2.05) is 24.3 Å². The number of imidazole rings is 1. The Hall–Kier alpha value is -2.59. The van der Waals surface area contributed by atoms with Crippen molar-refractivity contribution in [3.63, 3.8) is 0 Å². The summed E-state index contributed by atoms with van der Waals surface area (Å²) in [6, 6.07) is 15.9. The molecule has 0 aliphatic carbocycles. The molecule has 1 unspecified atom stereocenters. The first-order chi connectivity index (χ1) is 15.9. The summed E-state index contributed by atoms with van der Waals surface area (Å²) in [5.74, 6) is 0.695. The predicted molar refractivity (Wildman–Crippen MR) is 131 cm³/mol. The highest BCUT2D eigenvalue weighted by Gasteiger charge is 2.26. The highest BCUT2D eigenvalue weighted by atomic mass is 35.5. The number of benzene rings is 2. The third-order valence-electron chi connectivity index (χ3n) is 5.73. The summed E-state index contributed by atoms with van der Waals surface area (Å²) in [6.07, 6.45) is 3.41. The van der Waals surface area contributed by atoms with Gasteiger partial charge in [-0.25, -0.2) is 4.98 Å². The molecule has 0 saturated heterocycles. The molecule has 2 aromatic carbocycles. The number of fused-ring (bicyclic) bond motifs is 2. The Morgan fingerprint density at radius 2 is 2.09 bits per heavy atom. The van der Waals surface area contributed by atoms with Gasteiger partial charge in [-0.1, -0.05) is 48.0 Å². The van der Waals surface area contributed by atoms with Crippen LogP contribution in [0.4, 0.5) is 5.69 Å². The Morgan fingerprint density at radius 1 is 1.27 bits per heavy atom. The number of rotatable bonds is 7. The van der Waals surface area contributed by atoms with E-state index in [-0.39, 0.29) is 22.3 Å². The molecule has 1 aliphatic heterocycles. The molecule has 172 valence electrons. The van der Waals surface area contributed by atoms with E-state index in [1.165, 1.54) is 21.3 Å². The van der Waals surface area contributed by atoms with Crippen LogP contribution in [0.5, 0.6) is 5.75 Å². The van der Waals surface area contributed by atoms with E-state index in [2.05, 4.69) is 34.1 Å². The molecule has 33 heavy (non-hydrogen) atoms.